The van der Waals surface area contributed by atoms with Crippen molar-refractivity contribution in [2.45, 2.75) is 6.42 Å². The number of pyridine rings is 1. The zero-order chi connectivity index (χ0) is 17.6. The van der Waals surface area contributed by atoms with E-state index >= 15 is 0 Å². The zero-order valence-electron chi connectivity index (χ0n) is 13.2. The van der Waals surface area contributed by atoms with Gasteiger partial charge >= 0.3 is 0 Å². The molecule has 3 aromatic rings. The summed E-state index contributed by atoms with van der Waals surface area (Å²) in [7, 11) is 0. The van der Waals surface area contributed by atoms with E-state index in [4.69, 9.17) is 5.26 Å². The van der Waals surface area contributed by atoms with Crippen LogP contribution in [-0.4, -0.2) is 10.9 Å². The van der Waals surface area contributed by atoms with Crippen molar-refractivity contribution < 1.29 is 9.18 Å². The van der Waals surface area contributed by atoms with Crippen LogP contribution in [0, 0.1) is 17.1 Å². The van der Waals surface area contributed by atoms with Gasteiger partial charge in [-0.2, -0.15) is 5.26 Å². The van der Waals surface area contributed by atoms with Crippen LogP contribution in [0.5, 0.6) is 0 Å². The van der Waals surface area contributed by atoms with E-state index in [2.05, 4.69) is 10.3 Å². The number of rotatable bonds is 4. The van der Waals surface area contributed by atoms with Crippen LogP contribution in [0.25, 0.3) is 0 Å². The Labute approximate surface area is 144 Å². The fraction of sp³-hybridized carbons (Fsp3) is 0.0500. The lowest BCUT2D eigenvalue weighted by Crippen LogP contribution is -2.13. The number of aromatic nitrogens is 1. The van der Waals surface area contributed by atoms with E-state index in [0.29, 0.717) is 5.69 Å². The minimum absolute atomic E-state index is 0.0973. The number of amides is 1. The van der Waals surface area contributed by atoms with Crippen molar-refractivity contribution in [3.63, 3.8) is 0 Å². The number of nitrogens with zero attached hydrogens (tertiary/aromatic N) is 2. The lowest BCUT2D eigenvalue weighted by molar-refractivity contribution is 0.102. The molecule has 0 aliphatic rings. The molecule has 3 rings (SSSR count). The first-order valence-electron chi connectivity index (χ1n) is 7.64. The minimum Gasteiger partial charge on any atom is -0.322 e. The fourth-order valence-corrected chi connectivity index (χ4v) is 2.41. The molecule has 0 aliphatic heterocycles. The topological polar surface area (TPSA) is 65.8 Å². The molecule has 0 unspecified atom stereocenters. The third-order valence-electron chi connectivity index (χ3n) is 3.71. The molecule has 0 radical (unpaired) electrons. The average Bonchev–Trinajstić information content (AvgIpc) is 2.64. The Bertz CT molecular complexity index is 931. The summed E-state index contributed by atoms with van der Waals surface area (Å²) in [5.41, 5.74) is 2.89. The molecule has 1 amide bonds. The van der Waals surface area contributed by atoms with E-state index in [1.807, 2.05) is 30.3 Å². The second-order valence-electron chi connectivity index (χ2n) is 5.49. The SMILES string of the molecule is N#Cc1ccc(C(=O)Nc2ccc(Cc3ccncc3)cc2)c(F)c1. The highest BCUT2D eigenvalue weighted by molar-refractivity contribution is 6.04. The summed E-state index contributed by atoms with van der Waals surface area (Å²) in [6.45, 7) is 0. The van der Waals surface area contributed by atoms with E-state index in [1.165, 1.54) is 12.1 Å². The Morgan fingerprint density at radius 2 is 1.72 bits per heavy atom. The molecule has 0 aliphatic carbocycles. The van der Waals surface area contributed by atoms with Crippen LogP contribution in [0.3, 0.4) is 0 Å². The van der Waals surface area contributed by atoms with Gasteiger partial charge in [0, 0.05) is 18.1 Å². The third-order valence-corrected chi connectivity index (χ3v) is 3.71. The van der Waals surface area contributed by atoms with Gasteiger partial charge in [-0.25, -0.2) is 4.39 Å². The van der Waals surface area contributed by atoms with Crippen molar-refractivity contribution in [2.75, 3.05) is 5.32 Å². The normalized spacial score (nSPS) is 10.1. The molecule has 0 saturated carbocycles. The molecular formula is C20H14FN3O. The minimum atomic E-state index is -0.717. The lowest BCUT2D eigenvalue weighted by atomic mass is 10.1. The molecule has 122 valence electrons. The van der Waals surface area contributed by atoms with Gasteiger partial charge in [-0.05, 0) is 60.0 Å². The number of hydrogen-bond acceptors (Lipinski definition) is 3. The second kappa shape index (κ2) is 7.37. The largest absolute Gasteiger partial charge is 0.322 e. The summed E-state index contributed by atoms with van der Waals surface area (Å²) in [6, 6.07) is 16.9. The van der Waals surface area contributed by atoms with Gasteiger partial charge in [0.2, 0.25) is 0 Å². The van der Waals surface area contributed by atoms with E-state index in [9.17, 15) is 9.18 Å². The zero-order valence-corrected chi connectivity index (χ0v) is 13.2. The summed E-state index contributed by atoms with van der Waals surface area (Å²) in [5.74, 6) is -1.27. The fourth-order valence-electron chi connectivity index (χ4n) is 2.41. The molecule has 1 N–H and O–H groups in total. The van der Waals surface area contributed by atoms with Crippen molar-refractivity contribution >= 4 is 11.6 Å². The molecular weight excluding hydrogens is 317 g/mol. The van der Waals surface area contributed by atoms with Crippen LogP contribution in [0.1, 0.15) is 27.0 Å². The van der Waals surface area contributed by atoms with Crippen LogP contribution in [0.2, 0.25) is 0 Å². The number of anilines is 1. The monoisotopic (exact) mass is 331 g/mol. The van der Waals surface area contributed by atoms with Gasteiger partial charge in [0.05, 0.1) is 17.2 Å². The molecule has 25 heavy (non-hydrogen) atoms. The molecule has 0 spiro atoms. The number of carbonyl (C=O) groups excluding carboxylic acids is 1. The maximum atomic E-state index is 13.9. The van der Waals surface area contributed by atoms with E-state index in [1.54, 1.807) is 24.5 Å². The Balaban J connectivity index is 1.69. The van der Waals surface area contributed by atoms with Crippen LogP contribution in [0.4, 0.5) is 10.1 Å². The Morgan fingerprint density at radius 1 is 1.04 bits per heavy atom. The molecule has 0 saturated heterocycles. The quantitative estimate of drug-likeness (QED) is 0.787. The first kappa shape index (κ1) is 16.3. The third kappa shape index (κ3) is 4.06. The number of benzene rings is 2. The van der Waals surface area contributed by atoms with Crippen molar-refractivity contribution in [1.29, 1.82) is 5.26 Å². The van der Waals surface area contributed by atoms with Crippen molar-refractivity contribution in [3.05, 3.63) is 95.1 Å². The molecule has 2 aromatic carbocycles. The number of halogens is 1. The summed E-state index contributed by atoms with van der Waals surface area (Å²) >= 11 is 0. The summed E-state index contributed by atoms with van der Waals surface area (Å²) in [6.07, 6.45) is 4.26. The van der Waals surface area contributed by atoms with Gasteiger partial charge in [-0.1, -0.05) is 12.1 Å². The van der Waals surface area contributed by atoms with Crippen molar-refractivity contribution in [2.24, 2.45) is 0 Å². The number of nitriles is 1. The molecule has 0 atom stereocenters. The molecule has 0 bridgehead atoms. The van der Waals surface area contributed by atoms with Crippen molar-refractivity contribution in [1.82, 2.24) is 4.98 Å². The van der Waals surface area contributed by atoms with Gasteiger partial charge in [0.15, 0.2) is 0 Å². The average molecular weight is 331 g/mol. The maximum Gasteiger partial charge on any atom is 0.258 e. The van der Waals surface area contributed by atoms with Gasteiger partial charge in [-0.3, -0.25) is 9.78 Å². The van der Waals surface area contributed by atoms with Crippen LogP contribution < -0.4 is 5.32 Å². The summed E-state index contributed by atoms with van der Waals surface area (Å²) < 4.78 is 13.9. The molecule has 0 fully saturated rings. The standard InChI is InChI=1S/C20H14FN3O/c21-19-12-16(13-22)3-6-18(19)20(25)24-17-4-1-14(2-5-17)11-15-7-9-23-10-8-15/h1-10,12H,11H2,(H,24,25). The van der Waals surface area contributed by atoms with Crippen LogP contribution >= 0.6 is 0 Å². The van der Waals surface area contributed by atoms with E-state index < -0.39 is 11.7 Å². The van der Waals surface area contributed by atoms with Gasteiger partial charge < -0.3 is 5.32 Å². The lowest BCUT2D eigenvalue weighted by Gasteiger charge is -2.08. The Morgan fingerprint density at radius 3 is 2.36 bits per heavy atom. The Kier molecular flexibility index (Phi) is 4.82. The first-order chi connectivity index (χ1) is 12.2. The number of nitrogens with one attached hydrogen (secondary N) is 1. The molecule has 1 aromatic heterocycles. The first-order valence-corrected chi connectivity index (χ1v) is 7.64. The van der Waals surface area contributed by atoms with Crippen LogP contribution in [0.15, 0.2) is 67.0 Å². The highest BCUT2D eigenvalue weighted by Gasteiger charge is 2.12. The van der Waals surface area contributed by atoms with Crippen molar-refractivity contribution in [3.8, 4) is 6.07 Å². The van der Waals surface area contributed by atoms with Gasteiger partial charge in [-0.15, -0.1) is 0 Å². The molecule has 1 heterocycles. The Hall–Kier alpha value is -3.52. The highest BCUT2D eigenvalue weighted by atomic mass is 19.1. The van der Waals surface area contributed by atoms with Gasteiger partial charge in [0.1, 0.15) is 5.82 Å². The van der Waals surface area contributed by atoms with Crippen LogP contribution in [-0.2, 0) is 6.42 Å². The highest BCUT2D eigenvalue weighted by Crippen LogP contribution is 2.16. The maximum absolute atomic E-state index is 13.9. The summed E-state index contributed by atoms with van der Waals surface area (Å²) in [4.78, 5) is 16.2. The molecule has 5 heteroatoms. The number of carbonyl (C=O) groups is 1. The predicted octanol–water partition coefficient (Wildman–Crippen LogP) is 3.94. The van der Waals surface area contributed by atoms with E-state index in [-0.39, 0.29) is 11.1 Å². The van der Waals surface area contributed by atoms with Gasteiger partial charge in [0.25, 0.3) is 5.91 Å². The van der Waals surface area contributed by atoms with E-state index in [0.717, 1.165) is 23.6 Å². The summed E-state index contributed by atoms with van der Waals surface area (Å²) in [5, 5.41) is 11.4. The second-order valence-corrected chi connectivity index (χ2v) is 5.49. The smallest absolute Gasteiger partial charge is 0.258 e. The predicted molar refractivity (Wildman–Crippen MR) is 92.6 cm³/mol. The molecule has 4 nitrogen and oxygen atoms in total. The number of hydrogen-bond donors (Lipinski definition) is 1.